The standard InChI is InChI=1S/C7H17NO2/c1-4-5-6-8-7(9-2)10-3/h7-8H,4-6H2,1-3H3. The Morgan fingerprint density at radius 2 is 1.90 bits per heavy atom. The largest absolute Gasteiger partial charge is 0.343 e. The number of rotatable bonds is 6. The van der Waals surface area contributed by atoms with Crippen LogP contribution in [0.4, 0.5) is 0 Å². The van der Waals surface area contributed by atoms with Gasteiger partial charge in [0.15, 0.2) is 0 Å². The van der Waals surface area contributed by atoms with E-state index in [1.54, 1.807) is 14.2 Å². The first kappa shape index (κ1) is 9.88. The fraction of sp³-hybridized carbons (Fsp3) is 1.00. The molecule has 0 rings (SSSR count). The average Bonchev–Trinajstić information content (AvgIpc) is 1.99. The van der Waals surface area contributed by atoms with Gasteiger partial charge in [0.1, 0.15) is 0 Å². The quantitative estimate of drug-likeness (QED) is 0.448. The van der Waals surface area contributed by atoms with E-state index in [0.717, 1.165) is 13.0 Å². The van der Waals surface area contributed by atoms with Crippen LogP contribution in [0.25, 0.3) is 0 Å². The monoisotopic (exact) mass is 147 g/mol. The lowest BCUT2D eigenvalue weighted by atomic mass is 10.3. The maximum absolute atomic E-state index is 4.91. The smallest absolute Gasteiger partial charge is 0.215 e. The van der Waals surface area contributed by atoms with Crippen molar-refractivity contribution < 1.29 is 9.47 Å². The fourth-order valence-corrected chi connectivity index (χ4v) is 0.660. The summed E-state index contributed by atoms with van der Waals surface area (Å²) in [7, 11) is 3.24. The molecule has 0 saturated carbocycles. The van der Waals surface area contributed by atoms with Crippen molar-refractivity contribution in [2.75, 3.05) is 20.8 Å². The molecule has 0 atom stereocenters. The Labute approximate surface area is 62.7 Å². The molecule has 0 bridgehead atoms. The van der Waals surface area contributed by atoms with Crippen molar-refractivity contribution in [3.63, 3.8) is 0 Å². The molecule has 0 spiro atoms. The van der Waals surface area contributed by atoms with Gasteiger partial charge in [-0.05, 0) is 13.0 Å². The van der Waals surface area contributed by atoms with Crippen LogP contribution in [0.1, 0.15) is 19.8 Å². The van der Waals surface area contributed by atoms with Gasteiger partial charge in [0.05, 0.1) is 0 Å². The van der Waals surface area contributed by atoms with Crippen LogP contribution >= 0.6 is 0 Å². The molecule has 0 aromatic heterocycles. The molecular formula is C7H17NO2. The van der Waals surface area contributed by atoms with Gasteiger partial charge in [0.25, 0.3) is 0 Å². The zero-order valence-electron chi connectivity index (χ0n) is 7.02. The highest BCUT2D eigenvalue weighted by Gasteiger charge is 2.00. The van der Waals surface area contributed by atoms with Gasteiger partial charge in [0.2, 0.25) is 6.41 Å². The molecular weight excluding hydrogens is 130 g/mol. The molecule has 0 saturated heterocycles. The Morgan fingerprint density at radius 1 is 1.30 bits per heavy atom. The third-order valence-electron chi connectivity index (χ3n) is 1.27. The molecule has 3 heteroatoms. The fourth-order valence-electron chi connectivity index (χ4n) is 0.660. The Hall–Kier alpha value is -0.120. The first-order valence-electron chi connectivity index (χ1n) is 3.64. The van der Waals surface area contributed by atoms with Crippen LogP contribution in [0.2, 0.25) is 0 Å². The van der Waals surface area contributed by atoms with E-state index < -0.39 is 0 Å². The van der Waals surface area contributed by atoms with Gasteiger partial charge in [0, 0.05) is 14.2 Å². The topological polar surface area (TPSA) is 30.5 Å². The van der Waals surface area contributed by atoms with Crippen LogP contribution < -0.4 is 5.32 Å². The predicted octanol–water partition coefficient (Wildman–Crippen LogP) is 0.952. The molecule has 0 aromatic carbocycles. The second-order valence-corrected chi connectivity index (χ2v) is 2.11. The maximum Gasteiger partial charge on any atom is 0.215 e. The molecule has 0 radical (unpaired) electrons. The van der Waals surface area contributed by atoms with Crippen LogP contribution in [0, 0.1) is 0 Å². The first-order chi connectivity index (χ1) is 4.85. The van der Waals surface area contributed by atoms with Gasteiger partial charge < -0.3 is 9.47 Å². The van der Waals surface area contributed by atoms with Gasteiger partial charge in [-0.3, -0.25) is 5.32 Å². The number of hydrogen-bond acceptors (Lipinski definition) is 3. The Morgan fingerprint density at radius 3 is 2.30 bits per heavy atom. The van der Waals surface area contributed by atoms with Crippen molar-refractivity contribution >= 4 is 0 Å². The second kappa shape index (κ2) is 6.99. The molecule has 10 heavy (non-hydrogen) atoms. The minimum absolute atomic E-state index is 0.244. The van der Waals surface area contributed by atoms with Gasteiger partial charge >= 0.3 is 0 Å². The van der Waals surface area contributed by atoms with Gasteiger partial charge in [-0.15, -0.1) is 0 Å². The van der Waals surface area contributed by atoms with E-state index in [1.807, 2.05) is 0 Å². The Kier molecular flexibility index (Phi) is 6.91. The van der Waals surface area contributed by atoms with Crippen molar-refractivity contribution in [3.8, 4) is 0 Å². The van der Waals surface area contributed by atoms with E-state index in [-0.39, 0.29) is 6.41 Å². The molecule has 0 aliphatic carbocycles. The molecule has 0 aliphatic rings. The molecule has 3 nitrogen and oxygen atoms in total. The summed E-state index contributed by atoms with van der Waals surface area (Å²) in [5.41, 5.74) is 0. The molecule has 0 aromatic rings. The highest BCUT2D eigenvalue weighted by atomic mass is 16.7. The van der Waals surface area contributed by atoms with Crippen LogP contribution in [-0.2, 0) is 9.47 Å². The Bertz CT molecular complexity index is 64.6. The normalized spacial score (nSPS) is 10.8. The molecule has 0 heterocycles. The summed E-state index contributed by atoms with van der Waals surface area (Å²) in [6, 6.07) is 0. The molecule has 0 amide bonds. The van der Waals surface area contributed by atoms with Crippen molar-refractivity contribution in [2.24, 2.45) is 0 Å². The summed E-state index contributed by atoms with van der Waals surface area (Å²) in [5, 5.41) is 3.08. The van der Waals surface area contributed by atoms with E-state index in [1.165, 1.54) is 6.42 Å². The minimum atomic E-state index is -0.244. The predicted molar refractivity (Wildman–Crippen MR) is 40.7 cm³/mol. The molecule has 62 valence electrons. The summed E-state index contributed by atoms with van der Waals surface area (Å²) < 4.78 is 9.83. The zero-order valence-corrected chi connectivity index (χ0v) is 7.02. The van der Waals surface area contributed by atoms with Crippen LogP contribution in [-0.4, -0.2) is 27.2 Å². The first-order valence-corrected chi connectivity index (χ1v) is 3.64. The van der Waals surface area contributed by atoms with E-state index in [2.05, 4.69) is 12.2 Å². The SMILES string of the molecule is CCCCNC(OC)OC. The van der Waals surface area contributed by atoms with E-state index in [9.17, 15) is 0 Å². The highest BCUT2D eigenvalue weighted by Crippen LogP contribution is 1.87. The summed E-state index contributed by atoms with van der Waals surface area (Å²) in [5.74, 6) is 0. The van der Waals surface area contributed by atoms with E-state index >= 15 is 0 Å². The summed E-state index contributed by atoms with van der Waals surface area (Å²) in [6.07, 6.45) is 2.10. The number of methoxy groups -OCH3 is 2. The molecule has 1 N–H and O–H groups in total. The van der Waals surface area contributed by atoms with Gasteiger partial charge in [-0.2, -0.15) is 0 Å². The van der Waals surface area contributed by atoms with Crippen molar-refractivity contribution in [1.82, 2.24) is 5.32 Å². The van der Waals surface area contributed by atoms with E-state index in [0.29, 0.717) is 0 Å². The zero-order chi connectivity index (χ0) is 7.82. The van der Waals surface area contributed by atoms with Crippen molar-refractivity contribution in [3.05, 3.63) is 0 Å². The second-order valence-electron chi connectivity index (χ2n) is 2.11. The Balaban J connectivity index is 3.09. The summed E-state index contributed by atoms with van der Waals surface area (Å²) in [6.45, 7) is 3.10. The summed E-state index contributed by atoms with van der Waals surface area (Å²) >= 11 is 0. The number of ether oxygens (including phenoxy) is 2. The van der Waals surface area contributed by atoms with Crippen molar-refractivity contribution in [2.45, 2.75) is 26.2 Å². The highest BCUT2D eigenvalue weighted by molar-refractivity contribution is 4.42. The molecule has 0 aliphatic heterocycles. The van der Waals surface area contributed by atoms with Crippen LogP contribution in [0.3, 0.4) is 0 Å². The lowest BCUT2D eigenvalue weighted by Gasteiger charge is -2.13. The minimum Gasteiger partial charge on any atom is -0.343 e. The molecule has 0 unspecified atom stereocenters. The number of hydrogen-bond donors (Lipinski definition) is 1. The third-order valence-corrected chi connectivity index (χ3v) is 1.27. The van der Waals surface area contributed by atoms with Crippen LogP contribution in [0.15, 0.2) is 0 Å². The van der Waals surface area contributed by atoms with Crippen LogP contribution in [0.5, 0.6) is 0 Å². The molecule has 0 fully saturated rings. The maximum atomic E-state index is 4.91. The average molecular weight is 147 g/mol. The lowest BCUT2D eigenvalue weighted by Crippen LogP contribution is -2.32. The van der Waals surface area contributed by atoms with E-state index in [4.69, 9.17) is 9.47 Å². The van der Waals surface area contributed by atoms with Crippen molar-refractivity contribution in [1.29, 1.82) is 0 Å². The summed E-state index contributed by atoms with van der Waals surface area (Å²) in [4.78, 5) is 0. The third kappa shape index (κ3) is 4.73. The van der Waals surface area contributed by atoms with Gasteiger partial charge in [-0.25, -0.2) is 0 Å². The van der Waals surface area contributed by atoms with Gasteiger partial charge in [-0.1, -0.05) is 13.3 Å². The number of nitrogens with one attached hydrogen (secondary N) is 1. The number of unbranched alkanes of at least 4 members (excludes halogenated alkanes) is 1. The lowest BCUT2D eigenvalue weighted by molar-refractivity contribution is -0.122.